The Morgan fingerprint density at radius 2 is 0.696 bits per heavy atom. The molecular weight excluding hydrogens is 284 g/mol. The second kappa shape index (κ2) is 18.3. The lowest BCUT2D eigenvalue weighted by Crippen LogP contribution is -2.06. The molecule has 2 nitrogen and oxygen atoms in total. The van der Waals surface area contributed by atoms with E-state index >= 15 is 0 Å². The molecule has 23 heavy (non-hydrogen) atoms. The largest absolute Gasteiger partial charge is 0.393 e. The van der Waals surface area contributed by atoms with Crippen LogP contribution in [0.1, 0.15) is 123 Å². The van der Waals surface area contributed by atoms with Crippen molar-refractivity contribution < 1.29 is 10.2 Å². The van der Waals surface area contributed by atoms with Crippen LogP contribution in [0.2, 0.25) is 0 Å². The van der Waals surface area contributed by atoms with Gasteiger partial charge in [0, 0.05) is 0 Å². The van der Waals surface area contributed by atoms with Crippen molar-refractivity contribution in [3.05, 3.63) is 0 Å². The summed E-state index contributed by atoms with van der Waals surface area (Å²) in [5.74, 6) is 0. The standard InChI is InChI=1S/C21H44O2/c1-3-5-12-16-20(22)18-14-10-8-7-9-11-15-19-21(23)17-13-6-4-2/h20-23H,3-19H2,1-2H3/t20-,21-/m0/s1. The molecule has 0 aliphatic carbocycles. The van der Waals surface area contributed by atoms with Crippen LogP contribution < -0.4 is 0 Å². The molecule has 0 bridgehead atoms. The van der Waals surface area contributed by atoms with E-state index in [1.54, 1.807) is 0 Å². The summed E-state index contributed by atoms with van der Waals surface area (Å²) < 4.78 is 0. The predicted octanol–water partition coefficient (Wildman–Crippen LogP) is 6.38. The average Bonchev–Trinajstić information content (AvgIpc) is 2.53. The molecule has 0 rings (SSSR count). The van der Waals surface area contributed by atoms with Gasteiger partial charge in [0.05, 0.1) is 12.2 Å². The topological polar surface area (TPSA) is 40.5 Å². The summed E-state index contributed by atoms with van der Waals surface area (Å²) in [6.45, 7) is 4.42. The van der Waals surface area contributed by atoms with Gasteiger partial charge in [0.15, 0.2) is 0 Å². The minimum atomic E-state index is -0.0595. The van der Waals surface area contributed by atoms with Gasteiger partial charge in [-0.05, 0) is 25.7 Å². The Morgan fingerprint density at radius 1 is 0.435 bits per heavy atom. The molecule has 0 spiro atoms. The zero-order valence-corrected chi connectivity index (χ0v) is 16.1. The van der Waals surface area contributed by atoms with Gasteiger partial charge in [0.25, 0.3) is 0 Å². The fourth-order valence-electron chi connectivity index (χ4n) is 3.19. The summed E-state index contributed by atoms with van der Waals surface area (Å²) in [5.41, 5.74) is 0. The van der Waals surface area contributed by atoms with E-state index in [4.69, 9.17) is 0 Å². The minimum Gasteiger partial charge on any atom is -0.393 e. The monoisotopic (exact) mass is 328 g/mol. The summed E-state index contributed by atoms with van der Waals surface area (Å²) in [6.07, 6.45) is 20.0. The van der Waals surface area contributed by atoms with E-state index in [2.05, 4.69) is 13.8 Å². The number of aliphatic hydroxyl groups is 2. The van der Waals surface area contributed by atoms with Gasteiger partial charge >= 0.3 is 0 Å². The van der Waals surface area contributed by atoms with Gasteiger partial charge in [0.1, 0.15) is 0 Å². The van der Waals surface area contributed by atoms with E-state index < -0.39 is 0 Å². The van der Waals surface area contributed by atoms with Crippen molar-refractivity contribution in [2.45, 2.75) is 135 Å². The lowest BCUT2D eigenvalue weighted by atomic mass is 10.0. The molecule has 0 aliphatic rings. The molecule has 0 aromatic rings. The Bertz CT molecular complexity index is 196. The lowest BCUT2D eigenvalue weighted by Gasteiger charge is -2.10. The van der Waals surface area contributed by atoms with Crippen molar-refractivity contribution in [3.63, 3.8) is 0 Å². The second-order valence-electron chi connectivity index (χ2n) is 7.35. The molecule has 0 aromatic heterocycles. The van der Waals surface area contributed by atoms with Crippen LogP contribution in [-0.2, 0) is 0 Å². The average molecular weight is 329 g/mol. The highest BCUT2D eigenvalue weighted by Gasteiger charge is 2.04. The van der Waals surface area contributed by atoms with Crippen LogP contribution in [0.4, 0.5) is 0 Å². The highest BCUT2D eigenvalue weighted by Crippen LogP contribution is 2.15. The van der Waals surface area contributed by atoms with E-state index in [-0.39, 0.29) is 12.2 Å². The number of unbranched alkanes of at least 4 members (excludes halogenated alkanes) is 10. The zero-order chi connectivity index (χ0) is 17.2. The molecular formula is C21H44O2. The lowest BCUT2D eigenvalue weighted by molar-refractivity contribution is 0.147. The summed E-state index contributed by atoms with van der Waals surface area (Å²) in [6, 6.07) is 0. The van der Waals surface area contributed by atoms with Crippen LogP contribution in [0, 0.1) is 0 Å². The second-order valence-corrected chi connectivity index (χ2v) is 7.35. The van der Waals surface area contributed by atoms with Crippen molar-refractivity contribution in [3.8, 4) is 0 Å². The van der Waals surface area contributed by atoms with E-state index in [0.29, 0.717) is 0 Å². The maximum absolute atomic E-state index is 9.85. The molecule has 0 aromatic carbocycles. The van der Waals surface area contributed by atoms with Crippen LogP contribution in [0.25, 0.3) is 0 Å². The third kappa shape index (κ3) is 18.1. The van der Waals surface area contributed by atoms with Gasteiger partial charge in [-0.15, -0.1) is 0 Å². The summed E-state index contributed by atoms with van der Waals surface area (Å²) in [4.78, 5) is 0. The smallest absolute Gasteiger partial charge is 0.0540 e. The van der Waals surface area contributed by atoms with Crippen molar-refractivity contribution in [1.82, 2.24) is 0 Å². The molecule has 2 N–H and O–H groups in total. The van der Waals surface area contributed by atoms with Crippen LogP contribution in [-0.4, -0.2) is 22.4 Å². The summed E-state index contributed by atoms with van der Waals surface area (Å²) in [7, 11) is 0. The predicted molar refractivity (Wildman–Crippen MR) is 102 cm³/mol. The van der Waals surface area contributed by atoms with Gasteiger partial charge in [-0.1, -0.05) is 97.3 Å². The Balaban J connectivity index is 3.18. The molecule has 2 atom stereocenters. The molecule has 2 heteroatoms. The van der Waals surface area contributed by atoms with E-state index in [9.17, 15) is 10.2 Å². The SMILES string of the molecule is CCCCC[C@H](O)CCCCCCCCC[C@@H](O)CCCCC. The van der Waals surface area contributed by atoms with Crippen LogP contribution in [0.15, 0.2) is 0 Å². The molecule has 0 saturated heterocycles. The quantitative estimate of drug-likeness (QED) is 0.287. The summed E-state index contributed by atoms with van der Waals surface area (Å²) >= 11 is 0. The van der Waals surface area contributed by atoms with Crippen LogP contribution >= 0.6 is 0 Å². The molecule has 0 saturated carbocycles. The zero-order valence-electron chi connectivity index (χ0n) is 16.1. The van der Waals surface area contributed by atoms with Crippen LogP contribution in [0.5, 0.6) is 0 Å². The first-order valence-corrected chi connectivity index (χ1v) is 10.6. The van der Waals surface area contributed by atoms with E-state index in [1.807, 2.05) is 0 Å². The fourth-order valence-corrected chi connectivity index (χ4v) is 3.19. The minimum absolute atomic E-state index is 0.0595. The molecule has 0 unspecified atom stereocenters. The van der Waals surface area contributed by atoms with Crippen molar-refractivity contribution in [1.29, 1.82) is 0 Å². The molecule has 140 valence electrons. The highest BCUT2D eigenvalue weighted by molar-refractivity contribution is 4.58. The van der Waals surface area contributed by atoms with Gasteiger partial charge in [0.2, 0.25) is 0 Å². The number of hydrogen-bond acceptors (Lipinski definition) is 2. The first-order valence-electron chi connectivity index (χ1n) is 10.6. The van der Waals surface area contributed by atoms with Crippen molar-refractivity contribution in [2.75, 3.05) is 0 Å². The maximum atomic E-state index is 9.85. The first kappa shape index (κ1) is 22.9. The van der Waals surface area contributed by atoms with Crippen LogP contribution in [0.3, 0.4) is 0 Å². The third-order valence-corrected chi connectivity index (χ3v) is 4.86. The van der Waals surface area contributed by atoms with E-state index in [0.717, 1.165) is 25.7 Å². The van der Waals surface area contributed by atoms with Gasteiger partial charge in [-0.3, -0.25) is 0 Å². The van der Waals surface area contributed by atoms with Gasteiger partial charge in [-0.25, -0.2) is 0 Å². The van der Waals surface area contributed by atoms with Crippen molar-refractivity contribution >= 4 is 0 Å². The number of aliphatic hydroxyl groups excluding tert-OH is 2. The van der Waals surface area contributed by atoms with Gasteiger partial charge < -0.3 is 10.2 Å². The summed E-state index contributed by atoms with van der Waals surface area (Å²) in [5, 5.41) is 19.7. The normalized spacial score (nSPS) is 14.1. The Morgan fingerprint density at radius 3 is 1.00 bits per heavy atom. The third-order valence-electron chi connectivity index (χ3n) is 4.86. The van der Waals surface area contributed by atoms with Crippen molar-refractivity contribution in [2.24, 2.45) is 0 Å². The molecule has 0 radical (unpaired) electrons. The maximum Gasteiger partial charge on any atom is 0.0540 e. The molecule has 0 aliphatic heterocycles. The Kier molecular flexibility index (Phi) is 18.2. The molecule has 0 amide bonds. The first-order chi connectivity index (χ1) is 11.2. The highest BCUT2D eigenvalue weighted by atomic mass is 16.3. The molecule has 0 heterocycles. The Labute approximate surface area is 146 Å². The van der Waals surface area contributed by atoms with Gasteiger partial charge in [-0.2, -0.15) is 0 Å². The number of rotatable bonds is 18. The van der Waals surface area contributed by atoms with E-state index in [1.165, 1.54) is 83.5 Å². The number of hydrogen-bond donors (Lipinski definition) is 2. The fraction of sp³-hybridized carbons (Fsp3) is 1.00. The Hall–Kier alpha value is -0.0800. The molecule has 0 fully saturated rings.